The molecule has 3 nitrogen and oxygen atoms in total. The van der Waals surface area contributed by atoms with Gasteiger partial charge in [-0.3, -0.25) is 0 Å². The van der Waals surface area contributed by atoms with Crippen LogP contribution >= 0.6 is 0 Å². The first-order valence-electron chi connectivity index (χ1n) is 4.18. The number of ether oxygens (including phenoxy) is 1. The molecule has 68 valence electrons. The van der Waals surface area contributed by atoms with Gasteiger partial charge in [0.2, 0.25) is 0 Å². The van der Waals surface area contributed by atoms with E-state index in [1.54, 1.807) is 13.0 Å². The van der Waals surface area contributed by atoms with Crippen molar-refractivity contribution in [1.82, 2.24) is 0 Å². The zero-order valence-corrected chi connectivity index (χ0v) is 7.25. The van der Waals surface area contributed by atoms with Crippen molar-refractivity contribution >= 4 is 5.97 Å². The Kier molecular flexibility index (Phi) is 3.29. The quantitative estimate of drug-likeness (QED) is 0.501. The minimum atomic E-state index is -0.870. The average Bonchev–Trinajstić information content (AvgIpc) is 2.80. The van der Waals surface area contributed by atoms with E-state index < -0.39 is 5.97 Å². The van der Waals surface area contributed by atoms with E-state index >= 15 is 0 Å². The summed E-state index contributed by atoms with van der Waals surface area (Å²) >= 11 is 0. The molecule has 1 N–H and O–H groups in total. The number of hydrogen-bond donors (Lipinski definition) is 1. The zero-order chi connectivity index (χ0) is 8.97. The highest BCUT2D eigenvalue weighted by Gasteiger charge is 2.20. The monoisotopic (exact) mass is 170 g/mol. The predicted octanol–water partition coefficient (Wildman–Crippen LogP) is 1.44. The lowest BCUT2D eigenvalue weighted by Crippen LogP contribution is -2.00. The molecule has 0 heterocycles. The van der Waals surface area contributed by atoms with E-state index in [1.165, 1.54) is 12.8 Å². The highest BCUT2D eigenvalue weighted by atomic mass is 16.5. The molecule has 3 heteroatoms. The van der Waals surface area contributed by atoms with E-state index in [9.17, 15) is 4.79 Å². The largest absolute Gasteiger partial charge is 0.478 e. The van der Waals surface area contributed by atoms with Crippen LogP contribution < -0.4 is 0 Å². The van der Waals surface area contributed by atoms with Crippen LogP contribution in [0.5, 0.6) is 0 Å². The van der Waals surface area contributed by atoms with Crippen LogP contribution in [0.25, 0.3) is 0 Å². The summed E-state index contributed by atoms with van der Waals surface area (Å²) < 4.78 is 5.24. The van der Waals surface area contributed by atoms with Gasteiger partial charge >= 0.3 is 5.97 Å². The Balaban J connectivity index is 2.05. The summed E-state index contributed by atoms with van der Waals surface area (Å²) in [5, 5.41) is 8.48. The van der Waals surface area contributed by atoms with E-state index in [0.717, 1.165) is 12.5 Å². The van der Waals surface area contributed by atoms with Gasteiger partial charge in [-0.05, 0) is 31.8 Å². The van der Waals surface area contributed by atoms with Gasteiger partial charge in [-0.2, -0.15) is 0 Å². The zero-order valence-electron chi connectivity index (χ0n) is 7.25. The van der Waals surface area contributed by atoms with Gasteiger partial charge in [0.15, 0.2) is 0 Å². The number of carboxylic acids is 1. The molecule has 0 amide bonds. The Morgan fingerprint density at radius 2 is 2.33 bits per heavy atom. The lowest BCUT2D eigenvalue weighted by Gasteiger charge is -1.98. The van der Waals surface area contributed by atoms with Crippen molar-refractivity contribution in [3.63, 3.8) is 0 Å². The first-order chi connectivity index (χ1) is 5.70. The summed E-state index contributed by atoms with van der Waals surface area (Å²) in [6.45, 7) is 2.78. The van der Waals surface area contributed by atoms with Gasteiger partial charge in [-0.1, -0.05) is 0 Å². The Hall–Kier alpha value is -0.830. The van der Waals surface area contributed by atoms with Gasteiger partial charge in [0.1, 0.15) is 0 Å². The molecular formula is C9H14O3. The molecule has 1 saturated carbocycles. The van der Waals surface area contributed by atoms with E-state index in [1.807, 2.05) is 0 Å². The second kappa shape index (κ2) is 4.26. The molecule has 1 aliphatic carbocycles. The molecule has 0 spiro atoms. The second-order valence-corrected chi connectivity index (χ2v) is 3.17. The van der Waals surface area contributed by atoms with Crippen LogP contribution in [0.1, 0.15) is 19.8 Å². The SMILES string of the molecule is CC(=CCOCC1CC1)C(=O)O. The fraction of sp³-hybridized carbons (Fsp3) is 0.667. The summed E-state index contributed by atoms with van der Waals surface area (Å²) in [6, 6.07) is 0. The lowest BCUT2D eigenvalue weighted by molar-refractivity contribution is -0.132. The van der Waals surface area contributed by atoms with Crippen molar-refractivity contribution in [3.05, 3.63) is 11.6 Å². The van der Waals surface area contributed by atoms with E-state index in [-0.39, 0.29) is 0 Å². The van der Waals surface area contributed by atoms with Crippen molar-refractivity contribution in [2.45, 2.75) is 19.8 Å². The summed E-state index contributed by atoms with van der Waals surface area (Å²) in [4.78, 5) is 10.3. The van der Waals surface area contributed by atoms with Gasteiger partial charge in [-0.25, -0.2) is 4.79 Å². The van der Waals surface area contributed by atoms with Gasteiger partial charge in [0, 0.05) is 12.2 Å². The first kappa shape index (κ1) is 9.26. The second-order valence-electron chi connectivity index (χ2n) is 3.17. The summed E-state index contributed by atoms with van der Waals surface area (Å²) in [6.07, 6.45) is 4.13. The third-order valence-electron chi connectivity index (χ3n) is 1.90. The van der Waals surface area contributed by atoms with Crippen LogP contribution in [0, 0.1) is 5.92 Å². The van der Waals surface area contributed by atoms with Crippen molar-refractivity contribution in [3.8, 4) is 0 Å². The summed E-state index contributed by atoms with van der Waals surface area (Å²) in [7, 11) is 0. The van der Waals surface area contributed by atoms with Crippen molar-refractivity contribution in [2.24, 2.45) is 5.92 Å². The molecule has 0 bridgehead atoms. The molecule has 0 saturated heterocycles. The fourth-order valence-corrected chi connectivity index (χ4v) is 0.790. The van der Waals surface area contributed by atoms with Gasteiger partial charge in [-0.15, -0.1) is 0 Å². The average molecular weight is 170 g/mol. The Morgan fingerprint density at radius 1 is 1.67 bits per heavy atom. The number of carbonyl (C=O) groups is 1. The number of aliphatic carboxylic acids is 1. The van der Waals surface area contributed by atoms with E-state index in [2.05, 4.69) is 0 Å². The van der Waals surface area contributed by atoms with E-state index in [4.69, 9.17) is 9.84 Å². The van der Waals surface area contributed by atoms with Gasteiger partial charge in [0.05, 0.1) is 6.61 Å². The van der Waals surface area contributed by atoms with Crippen LogP contribution in [0.4, 0.5) is 0 Å². The van der Waals surface area contributed by atoms with Crippen LogP contribution in [-0.4, -0.2) is 24.3 Å². The summed E-state index contributed by atoms with van der Waals surface area (Å²) in [5.41, 5.74) is 0.353. The first-order valence-corrected chi connectivity index (χ1v) is 4.18. The maximum atomic E-state index is 10.3. The molecular weight excluding hydrogens is 156 g/mol. The molecule has 0 aromatic heterocycles. The number of rotatable bonds is 5. The smallest absolute Gasteiger partial charge is 0.331 e. The molecule has 0 radical (unpaired) electrons. The van der Waals surface area contributed by atoms with E-state index in [0.29, 0.717) is 12.2 Å². The van der Waals surface area contributed by atoms with Crippen LogP contribution in [0.15, 0.2) is 11.6 Å². The molecule has 0 aliphatic heterocycles. The molecule has 1 fully saturated rings. The lowest BCUT2D eigenvalue weighted by atomic mass is 10.3. The molecule has 0 aromatic carbocycles. The Morgan fingerprint density at radius 3 is 2.83 bits per heavy atom. The minimum Gasteiger partial charge on any atom is -0.478 e. The highest BCUT2D eigenvalue weighted by molar-refractivity contribution is 5.85. The molecule has 1 rings (SSSR count). The Labute approximate surface area is 72.0 Å². The van der Waals surface area contributed by atoms with Gasteiger partial charge in [0.25, 0.3) is 0 Å². The minimum absolute atomic E-state index is 0.353. The van der Waals surface area contributed by atoms with Gasteiger partial charge < -0.3 is 9.84 Å². The number of carboxylic acid groups (broad SMARTS) is 1. The Bertz CT molecular complexity index is 192. The fourth-order valence-electron chi connectivity index (χ4n) is 0.790. The van der Waals surface area contributed by atoms with Crippen LogP contribution in [0.2, 0.25) is 0 Å². The topological polar surface area (TPSA) is 46.5 Å². The third-order valence-corrected chi connectivity index (χ3v) is 1.90. The van der Waals surface area contributed by atoms with Crippen molar-refractivity contribution in [1.29, 1.82) is 0 Å². The summed E-state index contributed by atoms with van der Waals surface area (Å²) in [5.74, 6) is -0.131. The molecule has 12 heavy (non-hydrogen) atoms. The standard InChI is InChI=1S/C9H14O3/c1-7(9(10)11)4-5-12-6-8-2-3-8/h4,8H,2-3,5-6H2,1H3,(H,10,11). The maximum absolute atomic E-state index is 10.3. The highest BCUT2D eigenvalue weighted by Crippen LogP contribution is 2.28. The molecule has 1 aliphatic rings. The predicted molar refractivity (Wildman–Crippen MR) is 44.9 cm³/mol. The molecule has 0 unspecified atom stereocenters. The molecule has 0 aromatic rings. The van der Waals surface area contributed by atoms with Crippen LogP contribution in [0.3, 0.4) is 0 Å². The number of hydrogen-bond acceptors (Lipinski definition) is 2. The van der Waals surface area contributed by atoms with Crippen LogP contribution in [-0.2, 0) is 9.53 Å². The van der Waals surface area contributed by atoms with Crippen molar-refractivity contribution in [2.75, 3.05) is 13.2 Å². The van der Waals surface area contributed by atoms with Crippen molar-refractivity contribution < 1.29 is 14.6 Å². The third kappa shape index (κ3) is 3.53. The normalized spacial score (nSPS) is 17.9. The molecule has 0 atom stereocenters. The maximum Gasteiger partial charge on any atom is 0.331 e.